The van der Waals surface area contributed by atoms with Crippen LogP contribution in [0, 0.1) is 5.92 Å². The molecule has 0 aliphatic heterocycles. The Morgan fingerprint density at radius 1 is 1.18 bits per heavy atom. The van der Waals surface area contributed by atoms with E-state index in [0.717, 1.165) is 42.8 Å². The first-order valence-corrected chi connectivity index (χ1v) is 9.22. The summed E-state index contributed by atoms with van der Waals surface area (Å²) in [6.07, 6.45) is 4.71. The molecule has 0 bridgehead atoms. The fraction of sp³-hybridized carbons (Fsp3) is 0.500. The van der Waals surface area contributed by atoms with Gasteiger partial charge in [-0.3, -0.25) is 4.99 Å². The highest BCUT2D eigenvalue weighted by molar-refractivity contribution is 14.0. The monoisotopic (exact) mass is 501 g/mol. The Labute approximate surface area is 185 Å². The lowest BCUT2D eigenvalue weighted by Gasteiger charge is -2.14. The van der Waals surface area contributed by atoms with Gasteiger partial charge in [0.1, 0.15) is 5.82 Å². The average molecular weight is 501 g/mol. The molecule has 0 unspecified atom stereocenters. The number of nitrogens with one attached hydrogen (secondary N) is 2. The minimum absolute atomic E-state index is 0. The van der Waals surface area contributed by atoms with Crippen LogP contribution in [0.5, 0.6) is 11.5 Å². The molecular weight excluding hydrogens is 469 g/mol. The van der Waals surface area contributed by atoms with E-state index in [-0.39, 0.29) is 24.0 Å². The molecule has 0 saturated heterocycles. The summed E-state index contributed by atoms with van der Waals surface area (Å²) in [4.78, 5) is 8.71. The molecule has 8 heteroatoms. The van der Waals surface area contributed by atoms with Crippen molar-refractivity contribution in [1.29, 1.82) is 0 Å². The normalized spacial score (nSPS) is 11.1. The van der Waals surface area contributed by atoms with E-state index in [1.54, 1.807) is 21.3 Å². The predicted octanol–water partition coefficient (Wildman–Crippen LogP) is 3.08. The predicted molar refractivity (Wildman–Crippen MR) is 124 cm³/mol. The van der Waals surface area contributed by atoms with Crippen molar-refractivity contribution < 1.29 is 9.47 Å². The van der Waals surface area contributed by atoms with Crippen LogP contribution in [0.4, 0.5) is 0 Å². The van der Waals surface area contributed by atoms with Crippen molar-refractivity contribution in [3.05, 3.63) is 42.0 Å². The van der Waals surface area contributed by atoms with Crippen LogP contribution in [0.1, 0.15) is 25.2 Å². The number of imidazole rings is 1. The molecule has 0 fully saturated rings. The third-order valence-electron chi connectivity index (χ3n) is 4.16. The average Bonchev–Trinajstić information content (AvgIpc) is 3.10. The maximum atomic E-state index is 5.35. The number of guanidine groups is 1. The van der Waals surface area contributed by atoms with Gasteiger partial charge >= 0.3 is 0 Å². The molecule has 2 N–H and O–H groups in total. The smallest absolute Gasteiger partial charge is 0.191 e. The third kappa shape index (κ3) is 7.21. The maximum absolute atomic E-state index is 5.35. The zero-order chi connectivity index (χ0) is 19.6. The lowest BCUT2D eigenvalue weighted by molar-refractivity contribution is 0.354. The lowest BCUT2D eigenvalue weighted by Crippen LogP contribution is -2.38. The van der Waals surface area contributed by atoms with Crippen LogP contribution in [-0.2, 0) is 19.5 Å². The number of aromatic nitrogens is 2. The van der Waals surface area contributed by atoms with Crippen LogP contribution in [-0.4, -0.2) is 43.3 Å². The van der Waals surface area contributed by atoms with Gasteiger partial charge in [0.15, 0.2) is 17.5 Å². The zero-order valence-electron chi connectivity index (χ0n) is 17.4. The van der Waals surface area contributed by atoms with Gasteiger partial charge in [-0.2, -0.15) is 0 Å². The van der Waals surface area contributed by atoms with E-state index >= 15 is 0 Å². The Kier molecular flexibility index (Phi) is 10.7. The molecular formula is C20H32IN5O2. The van der Waals surface area contributed by atoms with Crippen molar-refractivity contribution in [2.75, 3.05) is 27.8 Å². The van der Waals surface area contributed by atoms with E-state index in [2.05, 4.69) is 39.0 Å². The minimum Gasteiger partial charge on any atom is -0.493 e. The molecule has 0 radical (unpaired) electrons. The number of methoxy groups -OCH3 is 2. The van der Waals surface area contributed by atoms with Gasteiger partial charge in [0.25, 0.3) is 0 Å². The molecule has 156 valence electrons. The molecule has 0 saturated carbocycles. The number of nitrogens with zero attached hydrogens (tertiary/aromatic N) is 3. The number of hydrogen-bond acceptors (Lipinski definition) is 4. The second-order valence-electron chi connectivity index (χ2n) is 6.68. The molecule has 0 amide bonds. The molecule has 1 aromatic carbocycles. The Hall–Kier alpha value is -1.97. The number of ether oxygens (including phenoxy) is 2. The molecule has 7 nitrogen and oxygen atoms in total. The van der Waals surface area contributed by atoms with Gasteiger partial charge in [-0.15, -0.1) is 24.0 Å². The van der Waals surface area contributed by atoms with E-state index in [0.29, 0.717) is 12.5 Å². The standard InChI is InChI=1S/C20H31N5O2.HI/c1-15(2)14-25-11-10-22-19(25)13-24-20(21-3)23-9-8-16-6-7-17(26-4)18(12-16)27-5;/h6-7,10-12,15H,8-9,13-14H2,1-5H3,(H2,21,23,24);1H. The molecule has 1 aromatic heterocycles. The topological polar surface area (TPSA) is 72.7 Å². The number of rotatable bonds is 9. The van der Waals surface area contributed by atoms with Crippen molar-refractivity contribution in [3.8, 4) is 11.5 Å². The van der Waals surface area contributed by atoms with Crippen molar-refractivity contribution in [2.45, 2.75) is 33.4 Å². The van der Waals surface area contributed by atoms with Gasteiger partial charge in [-0.05, 0) is 30.0 Å². The molecule has 0 spiro atoms. The first kappa shape index (κ1) is 24.1. The molecule has 0 atom stereocenters. The largest absolute Gasteiger partial charge is 0.493 e. The quantitative estimate of drug-likeness (QED) is 0.314. The first-order valence-electron chi connectivity index (χ1n) is 9.22. The molecule has 28 heavy (non-hydrogen) atoms. The van der Waals surface area contributed by atoms with E-state index in [1.807, 2.05) is 30.6 Å². The van der Waals surface area contributed by atoms with E-state index in [1.165, 1.54) is 5.56 Å². The maximum Gasteiger partial charge on any atom is 0.191 e. The Morgan fingerprint density at radius 2 is 1.93 bits per heavy atom. The van der Waals surface area contributed by atoms with Gasteiger partial charge < -0.3 is 24.7 Å². The first-order chi connectivity index (χ1) is 13.1. The number of halogens is 1. The highest BCUT2D eigenvalue weighted by Crippen LogP contribution is 2.27. The van der Waals surface area contributed by atoms with Crippen molar-refractivity contribution >= 4 is 29.9 Å². The summed E-state index contributed by atoms with van der Waals surface area (Å²) in [6, 6.07) is 5.97. The van der Waals surface area contributed by atoms with Crippen LogP contribution in [0.25, 0.3) is 0 Å². The summed E-state index contributed by atoms with van der Waals surface area (Å²) in [5.74, 6) is 3.83. The fourth-order valence-corrected chi connectivity index (χ4v) is 2.81. The Morgan fingerprint density at radius 3 is 2.57 bits per heavy atom. The number of benzene rings is 1. The molecule has 1 heterocycles. The summed E-state index contributed by atoms with van der Waals surface area (Å²) < 4.78 is 12.8. The number of hydrogen-bond donors (Lipinski definition) is 2. The second kappa shape index (κ2) is 12.5. The lowest BCUT2D eigenvalue weighted by atomic mass is 10.1. The second-order valence-corrected chi connectivity index (χ2v) is 6.68. The molecule has 2 rings (SSSR count). The van der Waals surface area contributed by atoms with E-state index < -0.39 is 0 Å². The number of aliphatic imine (C=N–C) groups is 1. The van der Waals surface area contributed by atoms with Gasteiger partial charge in [-0.1, -0.05) is 19.9 Å². The van der Waals surface area contributed by atoms with Crippen LogP contribution >= 0.6 is 24.0 Å². The summed E-state index contributed by atoms with van der Waals surface area (Å²) in [5, 5.41) is 6.66. The van der Waals surface area contributed by atoms with Gasteiger partial charge in [0, 0.05) is 32.5 Å². The van der Waals surface area contributed by atoms with E-state index in [9.17, 15) is 0 Å². The van der Waals surface area contributed by atoms with Crippen LogP contribution in [0.15, 0.2) is 35.6 Å². The highest BCUT2D eigenvalue weighted by Gasteiger charge is 2.07. The van der Waals surface area contributed by atoms with Gasteiger partial charge in [0.05, 0.1) is 20.8 Å². The van der Waals surface area contributed by atoms with Crippen molar-refractivity contribution in [3.63, 3.8) is 0 Å². The fourth-order valence-electron chi connectivity index (χ4n) is 2.81. The van der Waals surface area contributed by atoms with Gasteiger partial charge in [0.2, 0.25) is 0 Å². The third-order valence-corrected chi connectivity index (χ3v) is 4.16. The van der Waals surface area contributed by atoms with Crippen molar-refractivity contribution in [1.82, 2.24) is 20.2 Å². The Bertz CT molecular complexity index is 746. The molecule has 0 aliphatic carbocycles. The van der Waals surface area contributed by atoms with Crippen LogP contribution < -0.4 is 20.1 Å². The van der Waals surface area contributed by atoms with E-state index in [4.69, 9.17) is 9.47 Å². The van der Waals surface area contributed by atoms with Crippen molar-refractivity contribution in [2.24, 2.45) is 10.9 Å². The minimum atomic E-state index is 0. The molecule has 0 aliphatic rings. The SMILES string of the molecule is CN=C(NCCc1ccc(OC)c(OC)c1)NCc1nccn1CC(C)C.I. The van der Waals surface area contributed by atoms with Crippen LogP contribution in [0.3, 0.4) is 0 Å². The highest BCUT2D eigenvalue weighted by atomic mass is 127. The summed E-state index contributed by atoms with van der Waals surface area (Å²) in [5.41, 5.74) is 1.17. The van der Waals surface area contributed by atoms with Crippen LogP contribution in [0.2, 0.25) is 0 Å². The summed E-state index contributed by atoms with van der Waals surface area (Å²) >= 11 is 0. The summed E-state index contributed by atoms with van der Waals surface area (Å²) in [7, 11) is 5.06. The summed E-state index contributed by atoms with van der Waals surface area (Å²) in [6.45, 7) is 6.76. The Balaban J connectivity index is 0.00000392. The zero-order valence-corrected chi connectivity index (χ0v) is 19.7. The molecule has 2 aromatic rings. The van der Waals surface area contributed by atoms with Gasteiger partial charge in [-0.25, -0.2) is 4.98 Å².